The molecular weight excluding hydrogens is 440 g/mol. The summed E-state index contributed by atoms with van der Waals surface area (Å²) in [6.45, 7) is 3.52. The van der Waals surface area contributed by atoms with Crippen LogP contribution in [0, 0.1) is 11.8 Å². The molecular formula is C23H36F4N4O2. The Morgan fingerprint density at radius 2 is 1.82 bits per heavy atom. The molecule has 0 radical (unpaired) electrons. The lowest BCUT2D eigenvalue weighted by Gasteiger charge is -2.46. The van der Waals surface area contributed by atoms with Crippen molar-refractivity contribution in [1.29, 1.82) is 0 Å². The summed E-state index contributed by atoms with van der Waals surface area (Å²) in [7, 11) is 0. The normalized spacial score (nSPS) is 40.4. The van der Waals surface area contributed by atoms with Gasteiger partial charge in [0.2, 0.25) is 11.8 Å². The van der Waals surface area contributed by atoms with Gasteiger partial charge in [-0.3, -0.25) is 14.5 Å². The van der Waals surface area contributed by atoms with Crippen LogP contribution < -0.4 is 10.6 Å². The van der Waals surface area contributed by atoms with Crippen LogP contribution in [0.2, 0.25) is 0 Å². The van der Waals surface area contributed by atoms with Gasteiger partial charge in [0.25, 0.3) is 0 Å². The Morgan fingerprint density at radius 3 is 2.48 bits per heavy atom. The molecule has 2 heterocycles. The molecule has 4 rings (SSSR count). The lowest BCUT2D eigenvalue weighted by atomic mass is 9.77. The van der Waals surface area contributed by atoms with Crippen LogP contribution >= 0.6 is 0 Å². The lowest BCUT2D eigenvalue weighted by Crippen LogP contribution is -2.62. The van der Waals surface area contributed by atoms with Crippen LogP contribution in [0.25, 0.3) is 0 Å². The van der Waals surface area contributed by atoms with Crippen LogP contribution in [0.15, 0.2) is 0 Å². The zero-order valence-corrected chi connectivity index (χ0v) is 19.4. The molecule has 6 nitrogen and oxygen atoms in total. The standard InChI is InChI=1S/C23H36F4N4O2/c1-13-6-7-18(24)17-11-19(29-21(13)17)22(33)28-15-4-3-5-16(10-15)30-8-9-31(14(2)32)20(12-30)23(25,26)27/h13,15-21,29H,3-12H2,1-2H3,(H,28,33)/t13?,15-,16-,17?,18?,19?,20+,21?/m1/s1. The fraction of sp³-hybridized carbons (Fsp3) is 0.913. The quantitative estimate of drug-likeness (QED) is 0.615. The highest BCUT2D eigenvalue weighted by molar-refractivity contribution is 5.82. The average Bonchev–Trinajstić information content (AvgIpc) is 3.23. The molecule has 188 valence electrons. The van der Waals surface area contributed by atoms with Crippen molar-refractivity contribution < 1.29 is 27.2 Å². The Morgan fingerprint density at radius 1 is 1.06 bits per heavy atom. The Hall–Kier alpha value is -1.42. The van der Waals surface area contributed by atoms with E-state index in [-0.39, 0.29) is 43.0 Å². The summed E-state index contributed by atoms with van der Waals surface area (Å²) in [6.07, 6.45) is -0.469. The number of nitrogens with one attached hydrogen (secondary N) is 2. The second kappa shape index (κ2) is 9.68. The van der Waals surface area contributed by atoms with E-state index >= 15 is 0 Å². The first-order chi connectivity index (χ1) is 15.5. The summed E-state index contributed by atoms with van der Waals surface area (Å²) < 4.78 is 55.1. The molecule has 0 bridgehead atoms. The number of alkyl halides is 4. The molecule has 2 saturated heterocycles. The van der Waals surface area contributed by atoms with Gasteiger partial charge in [0.05, 0.1) is 6.04 Å². The summed E-state index contributed by atoms with van der Waals surface area (Å²) in [4.78, 5) is 27.4. The molecule has 4 fully saturated rings. The first-order valence-electron chi connectivity index (χ1n) is 12.3. The van der Waals surface area contributed by atoms with E-state index in [1.54, 1.807) is 0 Å². The molecule has 4 aliphatic rings. The smallest absolute Gasteiger partial charge is 0.352 e. The molecule has 2 aliphatic carbocycles. The number of rotatable bonds is 3. The molecule has 2 amide bonds. The third-order valence-electron chi connectivity index (χ3n) is 8.36. The number of nitrogens with zero attached hydrogens (tertiary/aromatic N) is 2. The second-order valence-corrected chi connectivity index (χ2v) is 10.5. The van der Waals surface area contributed by atoms with Crippen LogP contribution in [0.5, 0.6) is 0 Å². The van der Waals surface area contributed by atoms with Gasteiger partial charge < -0.3 is 15.5 Å². The predicted molar refractivity (Wildman–Crippen MR) is 115 cm³/mol. The van der Waals surface area contributed by atoms with E-state index in [4.69, 9.17) is 0 Å². The molecule has 0 aromatic heterocycles. The number of carbonyl (C=O) groups excluding carboxylic acids is 2. The Bertz CT molecular complexity index is 718. The van der Waals surface area contributed by atoms with Crippen molar-refractivity contribution in [3.63, 3.8) is 0 Å². The summed E-state index contributed by atoms with van der Waals surface area (Å²) >= 11 is 0. The molecule has 8 atom stereocenters. The molecule has 33 heavy (non-hydrogen) atoms. The molecule has 0 spiro atoms. The monoisotopic (exact) mass is 476 g/mol. The molecule has 0 aromatic rings. The third-order valence-corrected chi connectivity index (χ3v) is 8.36. The largest absolute Gasteiger partial charge is 0.410 e. The molecule has 2 N–H and O–H groups in total. The number of fused-ring (bicyclic) bond motifs is 1. The second-order valence-electron chi connectivity index (χ2n) is 10.5. The van der Waals surface area contributed by atoms with Gasteiger partial charge in [-0.2, -0.15) is 13.2 Å². The van der Waals surface area contributed by atoms with Gasteiger partial charge in [-0.15, -0.1) is 0 Å². The highest BCUT2D eigenvalue weighted by Gasteiger charge is 2.49. The van der Waals surface area contributed by atoms with Gasteiger partial charge in [0.15, 0.2) is 0 Å². The fourth-order valence-electron chi connectivity index (χ4n) is 6.52. The van der Waals surface area contributed by atoms with Gasteiger partial charge >= 0.3 is 6.18 Å². The number of halogens is 4. The molecule has 2 saturated carbocycles. The van der Waals surface area contributed by atoms with E-state index in [1.807, 2.05) is 4.90 Å². The van der Waals surface area contributed by atoms with E-state index in [0.717, 1.165) is 30.6 Å². The van der Waals surface area contributed by atoms with Crippen LogP contribution in [-0.4, -0.2) is 83.8 Å². The third kappa shape index (κ3) is 5.31. The van der Waals surface area contributed by atoms with Gasteiger partial charge in [-0.25, -0.2) is 4.39 Å². The van der Waals surface area contributed by atoms with Gasteiger partial charge in [-0.05, 0) is 50.9 Å². The van der Waals surface area contributed by atoms with Crippen molar-refractivity contribution in [2.45, 2.75) is 101 Å². The van der Waals surface area contributed by atoms with Crippen molar-refractivity contribution >= 4 is 11.8 Å². The van der Waals surface area contributed by atoms with Gasteiger partial charge in [0.1, 0.15) is 12.2 Å². The number of piperazine rings is 1. The van der Waals surface area contributed by atoms with Crippen molar-refractivity contribution in [2.75, 3.05) is 19.6 Å². The maximum atomic E-state index is 14.4. The van der Waals surface area contributed by atoms with Crippen LogP contribution in [0.4, 0.5) is 17.6 Å². The van der Waals surface area contributed by atoms with Gasteiger partial charge in [0, 0.05) is 50.6 Å². The van der Waals surface area contributed by atoms with Crippen molar-refractivity contribution in [2.24, 2.45) is 11.8 Å². The van der Waals surface area contributed by atoms with Crippen LogP contribution in [-0.2, 0) is 9.59 Å². The van der Waals surface area contributed by atoms with E-state index in [2.05, 4.69) is 17.6 Å². The summed E-state index contributed by atoms with van der Waals surface area (Å²) in [5.41, 5.74) is 0. The van der Waals surface area contributed by atoms with Crippen LogP contribution in [0.3, 0.4) is 0 Å². The van der Waals surface area contributed by atoms with Crippen molar-refractivity contribution in [1.82, 2.24) is 20.4 Å². The maximum absolute atomic E-state index is 14.4. The number of hydrogen-bond donors (Lipinski definition) is 2. The Balaban J connectivity index is 1.33. The Labute approximate surface area is 192 Å². The van der Waals surface area contributed by atoms with Crippen molar-refractivity contribution in [3.8, 4) is 0 Å². The SMILES string of the molecule is CC(=O)N1CCN([C@@H]2CCC[C@@H](NC(=O)C3CC4C(F)CCC(C)C4N3)C2)C[C@H]1C(F)(F)F. The number of carbonyl (C=O) groups is 2. The molecule has 2 aliphatic heterocycles. The summed E-state index contributed by atoms with van der Waals surface area (Å²) in [6, 6.07) is -2.33. The highest BCUT2D eigenvalue weighted by atomic mass is 19.4. The van der Waals surface area contributed by atoms with Gasteiger partial charge in [-0.1, -0.05) is 6.92 Å². The number of amides is 2. The number of hydrogen-bond acceptors (Lipinski definition) is 4. The van der Waals surface area contributed by atoms with E-state index in [9.17, 15) is 27.2 Å². The minimum absolute atomic E-state index is 0.0282. The lowest BCUT2D eigenvalue weighted by molar-refractivity contribution is -0.202. The van der Waals surface area contributed by atoms with E-state index < -0.39 is 30.3 Å². The van der Waals surface area contributed by atoms with Crippen LogP contribution in [0.1, 0.15) is 58.8 Å². The maximum Gasteiger partial charge on any atom is 0.410 e. The predicted octanol–water partition coefficient (Wildman–Crippen LogP) is 2.62. The summed E-state index contributed by atoms with van der Waals surface area (Å²) in [5.74, 6) is -0.459. The molecule has 5 unspecified atom stereocenters. The van der Waals surface area contributed by atoms with E-state index in [1.165, 1.54) is 6.92 Å². The first-order valence-corrected chi connectivity index (χ1v) is 12.3. The first kappa shape index (κ1) is 24.7. The minimum Gasteiger partial charge on any atom is -0.352 e. The topological polar surface area (TPSA) is 64.7 Å². The Kier molecular flexibility index (Phi) is 7.24. The van der Waals surface area contributed by atoms with E-state index in [0.29, 0.717) is 31.7 Å². The fourth-order valence-corrected chi connectivity index (χ4v) is 6.52. The average molecular weight is 477 g/mol. The highest BCUT2D eigenvalue weighted by Crippen LogP contribution is 2.39. The summed E-state index contributed by atoms with van der Waals surface area (Å²) in [5, 5.41) is 6.45. The molecule has 0 aromatic carbocycles. The molecule has 10 heteroatoms. The van der Waals surface area contributed by atoms with Crippen molar-refractivity contribution in [3.05, 3.63) is 0 Å². The zero-order valence-electron chi connectivity index (χ0n) is 19.4. The minimum atomic E-state index is -4.47. The zero-order chi connectivity index (χ0) is 23.9.